The molecule has 0 aromatic heterocycles. The third-order valence-electron chi connectivity index (χ3n) is 3.68. The quantitative estimate of drug-likeness (QED) is 0.452. The highest BCUT2D eigenvalue weighted by atomic mass is 35.5. The Bertz CT molecular complexity index is 700. The summed E-state index contributed by atoms with van der Waals surface area (Å²) in [6, 6.07) is 5.22. The second-order valence-corrected chi connectivity index (χ2v) is 11.8. The number of nitrogens with zero attached hydrogens (tertiary/aromatic N) is 1. The van der Waals surface area contributed by atoms with E-state index in [0.29, 0.717) is 10.6 Å². The Balaban J connectivity index is 3.10. The van der Waals surface area contributed by atoms with Crippen LogP contribution in [-0.2, 0) is 21.3 Å². The molecule has 0 heterocycles. The first-order valence-electron chi connectivity index (χ1n) is 9.50. The first kappa shape index (κ1) is 25.9. The van der Waals surface area contributed by atoms with E-state index in [-0.39, 0.29) is 21.3 Å². The van der Waals surface area contributed by atoms with Crippen molar-refractivity contribution in [1.82, 2.24) is 4.90 Å². The minimum atomic E-state index is -2.66. The molecular formula is C21H32ClF2NO3Si. The normalized spacial score (nSPS) is 13.0. The van der Waals surface area contributed by atoms with E-state index in [2.05, 4.69) is 20.8 Å². The van der Waals surface area contributed by atoms with Gasteiger partial charge in [-0.2, -0.15) is 0 Å². The van der Waals surface area contributed by atoms with Crippen LogP contribution < -0.4 is 0 Å². The van der Waals surface area contributed by atoms with Gasteiger partial charge >= 0.3 is 6.09 Å². The van der Waals surface area contributed by atoms with Crippen molar-refractivity contribution >= 4 is 27.5 Å². The van der Waals surface area contributed by atoms with Crippen LogP contribution in [0, 0.1) is 0 Å². The molecule has 0 N–H and O–H groups in total. The number of alkyl halides is 2. The second-order valence-electron chi connectivity index (χ2n) is 9.53. The van der Waals surface area contributed by atoms with Gasteiger partial charge in [0, 0.05) is 17.1 Å². The van der Waals surface area contributed by atoms with E-state index in [4.69, 9.17) is 20.8 Å². The van der Waals surface area contributed by atoms with Gasteiger partial charge in [0.2, 0.25) is 9.76 Å². The van der Waals surface area contributed by atoms with Crippen LogP contribution in [-0.4, -0.2) is 39.3 Å². The van der Waals surface area contributed by atoms with Crippen molar-refractivity contribution in [3.05, 3.63) is 34.3 Å². The molecular weight excluding hydrogens is 416 g/mol. The molecule has 8 heteroatoms. The van der Waals surface area contributed by atoms with Crippen LogP contribution >= 0.6 is 11.6 Å². The molecule has 164 valence electrons. The molecule has 29 heavy (non-hydrogen) atoms. The smallest absolute Gasteiger partial charge is 0.410 e. The monoisotopic (exact) mass is 447 g/mol. The predicted molar refractivity (Wildman–Crippen MR) is 114 cm³/mol. The lowest BCUT2D eigenvalue weighted by molar-refractivity contribution is 0.00816. The summed E-state index contributed by atoms with van der Waals surface area (Å²) in [5, 5.41) is 0.529. The topological polar surface area (TPSA) is 38.8 Å². The Morgan fingerprint density at radius 1 is 1.14 bits per heavy atom. The summed E-state index contributed by atoms with van der Waals surface area (Å²) >= 11 is 6.40. The van der Waals surface area contributed by atoms with E-state index >= 15 is 0 Å². The average Bonchev–Trinajstić information content (AvgIpc) is 2.51. The SMILES string of the molecule is CC(C)(C)OC(=O)N(Cc1ccc(Cl)c(C(C)(C)O[Si]C(C)(C)C)c1)CC(F)F. The highest BCUT2D eigenvalue weighted by Crippen LogP contribution is 2.34. The lowest BCUT2D eigenvalue weighted by Gasteiger charge is -2.31. The third-order valence-corrected chi connectivity index (χ3v) is 5.23. The van der Waals surface area contributed by atoms with Crippen LogP contribution in [0.2, 0.25) is 10.1 Å². The highest BCUT2D eigenvalue weighted by Gasteiger charge is 2.29. The van der Waals surface area contributed by atoms with Crippen molar-refractivity contribution in [3.63, 3.8) is 0 Å². The fourth-order valence-corrected chi connectivity index (χ4v) is 3.40. The summed E-state index contributed by atoms with van der Waals surface area (Å²) in [4.78, 5) is 13.4. The number of hydrogen-bond donors (Lipinski definition) is 0. The van der Waals surface area contributed by atoms with Crippen LogP contribution in [0.15, 0.2) is 18.2 Å². The standard InChI is InChI=1S/C21H32ClF2NO3Si/c1-19(2,3)27-18(26)25(13-17(23)24)12-14-9-10-16(22)15(11-14)21(7,8)28-29-20(4,5)6/h9-11,17H,12-13H2,1-8H3. The van der Waals surface area contributed by atoms with E-state index in [9.17, 15) is 13.6 Å². The summed E-state index contributed by atoms with van der Waals surface area (Å²) < 4.78 is 37.5. The summed E-state index contributed by atoms with van der Waals surface area (Å²) in [7, 11) is 0.251. The van der Waals surface area contributed by atoms with Crippen molar-refractivity contribution in [1.29, 1.82) is 0 Å². The molecule has 0 spiro atoms. The molecule has 0 unspecified atom stereocenters. The minimum Gasteiger partial charge on any atom is -0.444 e. The van der Waals surface area contributed by atoms with E-state index in [1.807, 2.05) is 13.8 Å². The molecule has 0 aliphatic rings. The fourth-order valence-electron chi connectivity index (χ4n) is 2.38. The number of ether oxygens (including phenoxy) is 1. The number of rotatable bonds is 7. The van der Waals surface area contributed by atoms with Gasteiger partial charge in [-0.3, -0.25) is 4.90 Å². The lowest BCUT2D eigenvalue weighted by Crippen LogP contribution is -2.39. The number of carbonyl (C=O) groups is 1. The fraction of sp³-hybridized carbons (Fsp3) is 0.667. The summed E-state index contributed by atoms with van der Waals surface area (Å²) in [6.07, 6.45) is -3.44. The lowest BCUT2D eigenvalue weighted by atomic mass is 9.96. The molecule has 0 bridgehead atoms. The number of amides is 1. The number of carbonyl (C=O) groups excluding carboxylic acids is 1. The van der Waals surface area contributed by atoms with Crippen molar-refractivity contribution in [3.8, 4) is 0 Å². The Kier molecular flexibility index (Phi) is 8.69. The predicted octanol–water partition coefficient (Wildman–Crippen LogP) is 6.43. The summed E-state index contributed by atoms with van der Waals surface area (Å²) in [5.74, 6) is 0. The Morgan fingerprint density at radius 3 is 2.21 bits per heavy atom. The molecule has 0 aliphatic carbocycles. The van der Waals surface area contributed by atoms with Gasteiger partial charge in [-0.25, -0.2) is 13.6 Å². The largest absolute Gasteiger partial charge is 0.444 e. The molecule has 0 aliphatic heterocycles. The van der Waals surface area contributed by atoms with E-state index < -0.39 is 30.3 Å². The molecule has 1 aromatic rings. The number of hydrogen-bond acceptors (Lipinski definition) is 3. The second kappa shape index (κ2) is 9.75. The first-order chi connectivity index (χ1) is 13.0. The maximum absolute atomic E-state index is 13.0. The van der Waals surface area contributed by atoms with Gasteiger partial charge in [0.05, 0.1) is 12.1 Å². The summed E-state index contributed by atoms with van der Waals surface area (Å²) in [6.45, 7) is 14.5. The Labute approximate surface area is 180 Å². The van der Waals surface area contributed by atoms with Crippen molar-refractivity contribution in [2.75, 3.05) is 6.54 Å². The van der Waals surface area contributed by atoms with E-state index in [0.717, 1.165) is 10.5 Å². The maximum Gasteiger partial charge on any atom is 0.410 e. The van der Waals surface area contributed by atoms with Crippen molar-refractivity contribution in [2.45, 2.75) is 84.6 Å². The molecule has 1 aromatic carbocycles. The van der Waals surface area contributed by atoms with Gasteiger partial charge in [-0.1, -0.05) is 38.4 Å². The molecule has 0 saturated carbocycles. The van der Waals surface area contributed by atoms with Crippen LogP contribution in [0.3, 0.4) is 0 Å². The molecule has 0 fully saturated rings. The number of halogens is 3. The summed E-state index contributed by atoms with van der Waals surface area (Å²) in [5.41, 5.74) is -0.0220. The van der Waals surface area contributed by atoms with Gasteiger partial charge in [-0.15, -0.1) is 0 Å². The third kappa shape index (κ3) is 9.44. The van der Waals surface area contributed by atoms with E-state index in [1.54, 1.807) is 39.0 Å². The molecule has 1 rings (SSSR count). The van der Waals surface area contributed by atoms with E-state index in [1.165, 1.54) is 0 Å². The van der Waals surface area contributed by atoms with Gasteiger partial charge in [0.1, 0.15) is 5.60 Å². The first-order valence-corrected chi connectivity index (χ1v) is 10.8. The van der Waals surface area contributed by atoms with Crippen LogP contribution in [0.4, 0.5) is 13.6 Å². The van der Waals surface area contributed by atoms with Gasteiger partial charge in [0.25, 0.3) is 6.43 Å². The molecule has 1 amide bonds. The molecule has 4 nitrogen and oxygen atoms in total. The molecule has 0 saturated heterocycles. The zero-order chi connectivity index (χ0) is 22.6. The Morgan fingerprint density at radius 2 is 1.72 bits per heavy atom. The number of benzene rings is 1. The molecule has 2 radical (unpaired) electrons. The zero-order valence-corrected chi connectivity index (χ0v) is 20.3. The molecule has 0 atom stereocenters. The maximum atomic E-state index is 13.0. The van der Waals surface area contributed by atoms with Crippen LogP contribution in [0.1, 0.15) is 66.5 Å². The minimum absolute atomic E-state index is 0.00609. The zero-order valence-electron chi connectivity index (χ0n) is 18.5. The van der Waals surface area contributed by atoms with Crippen LogP contribution in [0.25, 0.3) is 0 Å². The van der Waals surface area contributed by atoms with Crippen LogP contribution in [0.5, 0.6) is 0 Å². The van der Waals surface area contributed by atoms with Crippen molar-refractivity contribution in [2.24, 2.45) is 0 Å². The van der Waals surface area contributed by atoms with Crippen molar-refractivity contribution < 1.29 is 22.7 Å². The highest BCUT2D eigenvalue weighted by molar-refractivity contribution is 6.32. The average molecular weight is 448 g/mol. The Hall–Kier alpha value is -1.18. The van der Waals surface area contributed by atoms with Gasteiger partial charge < -0.3 is 9.16 Å². The van der Waals surface area contributed by atoms with Gasteiger partial charge in [0.15, 0.2) is 0 Å². The van der Waals surface area contributed by atoms with Gasteiger partial charge in [-0.05, 0) is 57.4 Å².